The highest BCUT2D eigenvalue weighted by atomic mass is 16.7. The highest BCUT2D eigenvalue weighted by molar-refractivity contribution is 5.73. The van der Waals surface area contributed by atoms with Crippen LogP contribution in [0.4, 0.5) is 0 Å². The van der Waals surface area contributed by atoms with Gasteiger partial charge in [-0.2, -0.15) is 0 Å². The molecule has 1 aliphatic heterocycles. The Morgan fingerprint density at radius 3 is 3.00 bits per heavy atom. The predicted octanol–water partition coefficient (Wildman–Crippen LogP) is 0.274. The number of amides is 1. The van der Waals surface area contributed by atoms with Gasteiger partial charge in [0.2, 0.25) is 5.91 Å². The molecule has 4 heteroatoms. The lowest BCUT2D eigenvalue weighted by atomic mass is 10.1. The van der Waals surface area contributed by atoms with E-state index in [1.165, 1.54) is 6.92 Å². The van der Waals surface area contributed by atoms with Crippen LogP contribution in [0.1, 0.15) is 19.8 Å². The molecule has 0 aromatic heterocycles. The molecule has 70 valence electrons. The van der Waals surface area contributed by atoms with E-state index in [9.17, 15) is 4.79 Å². The van der Waals surface area contributed by atoms with Crippen molar-refractivity contribution < 1.29 is 14.3 Å². The molecular formula is C8H15NO3. The second kappa shape index (κ2) is 4.42. The number of carbonyl (C=O) groups is 1. The van der Waals surface area contributed by atoms with Gasteiger partial charge in [-0.3, -0.25) is 4.79 Å². The maximum atomic E-state index is 10.8. The molecule has 0 aliphatic carbocycles. The van der Waals surface area contributed by atoms with Gasteiger partial charge in [0, 0.05) is 20.6 Å². The average molecular weight is 173 g/mol. The summed E-state index contributed by atoms with van der Waals surface area (Å²) in [5.41, 5.74) is 0. The smallest absolute Gasteiger partial charge is 0.217 e. The zero-order chi connectivity index (χ0) is 8.97. The third-order valence-corrected chi connectivity index (χ3v) is 1.89. The maximum absolute atomic E-state index is 10.8. The summed E-state index contributed by atoms with van der Waals surface area (Å²) in [4.78, 5) is 10.8. The van der Waals surface area contributed by atoms with Crippen molar-refractivity contribution in [2.75, 3.05) is 13.7 Å². The first-order chi connectivity index (χ1) is 5.74. The first kappa shape index (κ1) is 9.48. The van der Waals surface area contributed by atoms with Crippen LogP contribution in [0.3, 0.4) is 0 Å². The van der Waals surface area contributed by atoms with Gasteiger partial charge in [0.25, 0.3) is 0 Å². The van der Waals surface area contributed by atoms with E-state index in [4.69, 9.17) is 9.47 Å². The van der Waals surface area contributed by atoms with E-state index in [2.05, 4.69) is 5.32 Å². The second-order valence-corrected chi connectivity index (χ2v) is 2.92. The zero-order valence-electron chi connectivity index (χ0n) is 7.50. The number of hydrogen-bond donors (Lipinski definition) is 1. The van der Waals surface area contributed by atoms with E-state index >= 15 is 0 Å². The molecule has 0 spiro atoms. The zero-order valence-corrected chi connectivity index (χ0v) is 7.50. The van der Waals surface area contributed by atoms with Crippen molar-refractivity contribution in [1.82, 2.24) is 5.32 Å². The topological polar surface area (TPSA) is 47.6 Å². The first-order valence-electron chi connectivity index (χ1n) is 4.15. The molecule has 2 atom stereocenters. The van der Waals surface area contributed by atoms with Gasteiger partial charge in [-0.25, -0.2) is 0 Å². The average Bonchev–Trinajstić information content (AvgIpc) is 2.04. The molecule has 0 bridgehead atoms. The van der Waals surface area contributed by atoms with Crippen LogP contribution in [-0.4, -0.2) is 32.0 Å². The number of carbonyl (C=O) groups excluding carboxylic acids is 1. The van der Waals surface area contributed by atoms with Gasteiger partial charge >= 0.3 is 0 Å². The van der Waals surface area contributed by atoms with Crippen LogP contribution in [0.5, 0.6) is 0 Å². The van der Waals surface area contributed by atoms with Gasteiger partial charge < -0.3 is 14.8 Å². The van der Waals surface area contributed by atoms with Crippen molar-refractivity contribution in [3.63, 3.8) is 0 Å². The number of ether oxygens (including phenoxy) is 2. The van der Waals surface area contributed by atoms with E-state index in [0.717, 1.165) is 12.8 Å². The first-order valence-corrected chi connectivity index (χ1v) is 4.15. The molecule has 1 fully saturated rings. The quantitative estimate of drug-likeness (QED) is 0.652. The minimum absolute atomic E-state index is 0.0150. The molecule has 1 heterocycles. The summed E-state index contributed by atoms with van der Waals surface area (Å²) in [6.45, 7) is 2.22. The third-order valence-electron chi connectivity index (χ3n) is 1.89. The lowest BCUT2D eigenvalue weighted by molar-refractivity contribution is -0.165. The fourth-order valence-electron chi connectivity index (χ4n) is 1.39. The van der Waals surface area contributed by atoms with E-state index in [-0.39, 0.29) is 18.2 Å². The number of hydrogen-bond acceptors (Lipinski definition) is 3. The number of rotatable bonds is 2. The van der Waals surface area contributed by atoms with Crippen LogP contribution in [0.2, 0.25) is 0 Å². The Bertz CT molecular complexity index is 160. The molecule has 0 saturated carbocycles. The van der Waals surface area contributed by atoms with Gasteiger partial charge in [-0.1, -0.05) is 0 Å². The van der Waals surface area contributed by atoms with E-state index in [1.54, 1.807) is 7.11 Å². The molecular weight excluding hydrogens is 158 g/mol. The molecule has 1 amide bonds. The Kier molecular flexibility index (Phi) is 3.49. The molecule has 1 aliphatic rings. The molecule has 4 nitrogen and oxygen atoms in total. The van der Waals surface area contributed by atoms with E-state index < -0.39 is 0 Å². The number of methoxy groups -OCH3 is 1. The molecule has 2 unspecified atom stereocenters. The highest BCUT2D eigenvalue weighted by Gasteiger charge is 2.25. The molecule has 0 aromatic rings. The fraction of sp³-hybridized carbons (Fsp3) is 0.875. The Balaban J connectivity index is 2.41. The van der Waals surface area contributed by atoms with Crippen molar-refractivity contribution in [3.05, 3.63) is 0 Å². The molecule has 1 rings (SSSR count). The Hall–Kier alpha value is -0.610. The van der Waals surface area contributed by atoms with Crippen LogP contribution >= 0.6 is 0 Å². The van der Waals surface area contributed by atoms with Crippen molar-refractivity contribution in [3.8, 4) is 0 Å². The van der Waals surface area contributed by atoms with Crippen LogP contribution in [0, 0.1) is 0 Å². The fourth-order valence-corrected chi connectivity index (χ4v) is 1.39. The Labute approximate surface area is 72.2 Å². The van der Waals surface area contributed by atoms with Crippen LogP contribution in [0.15, 0.2) is 0 Å². The van der Waals surface area contributed by atoms with Gasteiger partial charge in [0.1, 0.15) is 0 Å². The largest absolute Gasteiger partial charge is 0.354 e. The van der Waals surface area contributed by atoms with Crippen LogP contribution < -0.4 is 5.32 Å². The van der Waals surface area contributed by atoms with E-state index in [0.29, 0.717) is 6.61 Å². The minimum atomic E-state index is -0.275. The summed E-state index contributed by atoms with van der Waals surface area (Å²) < 4.78 is 10.4. The Morgan fingerprint density at radius 1 is 1.67 bits per heavy atom. The standard InChI is InChI=1S/C8H15NO3/c1-6(10)9-7-4-3-5-12-8(7)11-2/h7-8H,3-5H2,1-2H3,(H,9,10). The van der Waals surface area contributed by atoms with Crippen LogP contribution in [-0.2, 0) is 14.3 Å². The molecule has 1 saturated heterocycles. The Morgan fingerprint density at radius 2 is 2.42 bits per heavy atom. The predicted molar refractivity (Wildman–Crippen MR) is 43.6 cm³/mol. The summed E-state index contributed by atoms with van der Waals surface area (Å²) in [6.07, 6.45) is 1.63. The SMILES string of the molecule is COC1OCCCC1NC(C)=O. The summed E-state index contributed by atoms with van der Waals surface area (Å²) in [5, 5.41) is 2.79. The minimum Gasteiger partial charge on any atom is -0.354 e. The van der Waals surface area contributed by atoms with E-state index in [1.807, 2.05) is 0 Å². The van der Waals surface area contributed by atoms with Gasteiger partial charge in [-0.05, 0) is 12.8 Å². The molecule has 12 heavy (non-hydrogen) atoms. The highest BCUT2D eigenvalue weighted by Crippen LogP contribution is 2.13. The summed E-state index contributed by atoms with van der Waals surface area (Å²) in [7, 11) is 1.59. The lowest BCUT2D eigenvalue weighted by Crippen LogP contribution is -2.47. The van der Waals surface area contributed by atoms with Crippen molar-refractivity contribution in [2.24, 2.45) is 0 Å². The normalized spacial score (nSPS) is 29.8. The van der Waals surface area contributed by atoms with Gasteiger partial charge in [0.05, 0.1) is 6.04 Å². The summed E-state index contributed by atoms with van der Waals surface area (Å²) >= 11 is 0. The lowest BCUT2D eigenvalue weighted by Gasteiger charge is -2.30. The maximum Gasteiger partial charge on any atom is 0.217 e. The molecule has 0 radical (unpaired) electrons. The number of nitrogens with one attached hydrogen (secondary N) is 1. The van der Waals surface area contributed by atoms with Gasteiger partial charge in [0.15, 0.2) is 6.29 Å². The summed E-state index contributed by atoms with van der Waals surface area (Å²) in [5.74, 6) is -0.0347. The molecule has 0 aromatic carbocycles. The second-order valence-electron chi connectivity index (χ2n) is 2.92. The van der Waals surface area contributed by atoms with Crippen molar-refractivity contribution >= 4 is 5.91 Å². The van der Waals surface area contributed by atoms with Crippen molar-refractivity contribution in [1.29, 1.82) is 0 Å². The summed E-state index contributed by atoms with van der Waals surface area (Å²) in [6, 6.07) is 0.0150. The third kappa shape index (κ3) is 2.46. The monoisotopic (exact) mass is 173 g/mol. The van der Waals surface area contributed by atoms with Crippen molar-refractivity contribution in [2.45, 2.75) is 32.1 Å². The molecule has 1 N–H and O–H groups in total. The van der Waals surface area contributed by atoms with Gasteiger partial charge in [-0.15, -0.1) is 0 Å². The van der Waals surface area contributed by atoms with Crippen LogP contribution in [0.25, 0.3) is 0 Å².